The minimum atomic E-state index is -0.934. The van der Waals surface area contributed by atoms with Crippen LogP contribution in [-0.2, 0) is 9.59 Å². The van der Waals surface area contributed by atoms with Gasteiger partial charge in [0.1, 0.15) is 34.8 Å². The Morgan fingerprint density at radius 3 is 2.60 bits per heavy atom. The van der Waals surface area contributed by atoms with Gasteiger partial charge in [-0.2, -0.15) is 0 Å². The lowest BCUT2D eigenvalue weighted by molar-refractivity contribution is -0.140. The van der Waals surface area contributed by atoms with E-state index in [1.807, 2.05) is 25.7 Å². The van der Waals surface area contributed by atoms with Gasteiger partial charge in [-0.05, 0) is 50.4 Å². The number of likely N-dealkylation sites (N-methyl/N-ethyl adjacent to an activating group) is 1. The fourth-order valence-corrected chi connectivity index (χ4v) is 5.18. The Morgan fingerprint density at radius 1 is 1.19 bits per heavy atom. The first kappa shape index (κ1) is 32.2. The molecule has 1 aliphatic heterocycles. The number of likely N-dealkylation sites (tertiary alicyclic amines) is 1. The van der Waals surface area contributed by atoms with E-state index in [9.17, 15) is 18.4 Å². The summed E-state index contributed by atoms with van der Waals surface area (Å²) in [7, 11) is 3.24. The standard InChI is InChI=1S/C30H38ClF2N7O3/c1-16(34-5)28(41)39-26(30(2,3)4)29(42)40-11-7-8-17(40)14-35-22-12-18-21(13-23(22)43-6)36-15-37-27(18)38-20-10-9-19(32)24(31)25(20)33/h9-10,12-13,15-17,26,34-35H,7-8,11,14H2,1-6H3,(H,39,41)(H,36,37,38)/t16-,17-,26+/m0/s1. The van der Waals surface area contributed by atoms with Crippen molar-refractivity contribution in [3.05, 3.63) is 47.2 Å². The third-order valence-electron chi connectivity index (χ3n) is 7.66. The Labute approximate surface area is 254 Å². The van der Waals surface area contributed by atoms with Crippen molar-refractivity contribution >= 4 is 51.5 Å². The molecule has 3 atom stereocenters. The predicted molar refractivity (Wildman–Crippen MR) is 164 cm³/mol. The van der Waals surface area contributed by atoms with Crippen molar-refractivity contribution in [2.24, 2.45) is 5.41 Å². The molecule has 1 aliphatic rings. The third-order valence-corrected chi connectivity index (χ3v) is 8.01. The number of methoxy groups -OCH3 is 1. The van der Waals surface area contributed by atoms with Crippen LogP contribution in [0.15, 0.2) is 30.6 Å². The van der Waals surface area contributed by atoms with Crippen LogP contribution in [-0.4, -0.2) is 72.1 Å². The number of halogens is 3. The second kappa shape index (κ2) is 13.3. The Hall–Kier alpha value is -3.77. The van der Waals surface area contributed by atoms with Gasteiger partial charge in [0, 0.05) is 30.6 Å². The number of nitrogens with zero attached hydrogens (tertiary/aromatic N) is 3. The Balaban J connectivity index is 1.57. The molecule has 10 nitrogen and oxygen atoms in total. The van der Waals surface area contributed by atoms with E-state index < -0.39 is 34.2 Å². The zero-order valence-electron chi connectivity index (χ0n) is 25.1. The van der Waals surface area contributed by atoms with Crippen LogP contribution in [0.1, 0.15) is 40.5 Å². The lowest BCUT2D eigenvalue weighted by Crippen LogP contribution is -2.58. The zero-order chi connectivity index (χ0) is 31.5. The summed E-state index contributed by atoms with van der Waals surface area (Å²) >= 11 is 5.76. The van der Waals surface area contributed by atoms with Crippen molar-refractivity contribution in [2.45, 2.75) is 58.7 Å². The van der Waals surface area contributed by atoms with Crippen LogP contribution in [0, 0.1) is 17.0 Å². The average molecular weight is 618 g/mol. The van der Waals surface area contributed by atoms with Crippen molar-refractivity contribution < 1.29 is 23.1 Å². The molecule has 1 aromatic heterocycles. The van der Waals surface area contributed by atoms with Crippen LogP contribution >= 0.6 is 11.6 Å². The lowest BCUT2D eigenvalue weighted by Gasteiger charge is -2.36. The zero-order valence-corrected chi connectivity index (χ0v) is 25.9. The molecule has 0 spiro atoms. The molecule has 0 aliphatic carbocycles. The van der Waals surface area contributed by atoms with Crippen molar-refractivity contribution in [3.63, 3.8) is 0 Å². The highest BCUT2D eigenvalue weighted by atomic mass is 35.5. The molecule has 0 unspecified atom stereocenters. The molecule has 1 fully saturated rings. The van der Waals surface area contributed by atoms with Gasteiger partial charge < -0.3 is 30.9 Å². The Morgan fingerprint density at radius 2 is 1.93 bits per heavy atom. The van der Waals surface area contributed by atoms with E-state index in [0.717, 1.165) is 18.9 Å². The number of hydrogen-bond acceptors (Lipinski definition) is 8. The van der Waals surface area contributed by atoms with Crippen LogP contribution < -0.4 is 26.0 Å². The summed E-state index contributed by atoms with van der Waals surface area (Å²) in [5.41, 5.74) is 0.612. The van der Waals surface area contributed by atoms with Gasteiger partial charge in [-0.1, -0.05) is 32.4 Å². The maximum Gasteiger partial charge on any atom is 0.246 e. The fourth-order valence-electron chi connectivity index (χ4n) is 5.02. The number of aromatic nitrogens is 2. The summed E-state index contributed by atoms with van der Waals surface area (Å²) in [5.74, 6) is -1.36. The van der Waals surface area contributed by atoms with Crippen LogP contribution in [0.4, 0.5) is 26.0 Å². The topological polar surface area (TPSA) is 121 Å². The maximum atomic E-state index is 14.6. The molecule has 232 valence electrons. The molecule has 2 aromatic carbocycles. The minimum absolute atomic E-state index is 0.0403. The number of carbonyl (C=O) groups excluding carboxylic acids is 2. The Bertz CT molecular complexity index is 1500. The van der Waals surface area contributed by atoms with Crippen molar-refractivity contribution in [3.8, 4) is 5.75 Å². The van der Waals surface area contributed by atoms with E-state index in [0.29, 0.717) is 35.4 Å². The number of anilines is 3. The number of hydrogen-bond donors (Lipinski definition) is 4. The van der Waals surface area contributed by atoms with Crippen LogP contribution in [0.3, 0.4) is 0 Å². The fraction of sp³-hybridized carbons (Fsp3) is 0.467. The van der Waals surface area contributed by atoms with Crippen LogP contribution in [0.2, 0.25) is 5.02 Å². The number of carbonyl (C=O) groups is 2. The van der Waals surface area contributed by atoms with E-state index in [-0.39, 0.29) is 29.4 Å². The second-order valence-corrected chi connectivity index (χ2v) is 12.0. The molecule has 0 bridgehead atoms. The van der Waals surface area contributed by atoms with Crippen molar-refractivity contribution in [1.29, 1.82) is 0 Å². The molecule has 4 N–H and O–H groups in total. The first-order valence-electron chi connectivity index (χ1n) is 14.1. The van der Waals surface area contributed by atoms with E-state index in [4.69, 9.17) is 16.3 Å². The summed E-state index contributed by atoms with van der Waals surface area (Å²) in [5, 5.41) is 12.1. The molecular formula is C30H38ClF2N7O3. The molecule has 0 radical (unpaired) electrons. The van der Waals surface area contributed by atoms with E-state index in [1.165, 1.54) is 19.5 Å². The molecule has 2 heterocycles. The average Bonchev–Trinajstić information content (AvgIpc) is 3.46. The molecule has 0 saturated carbocycles. The van der Waals surface area contributed by atoms with Crippen molar-refractivity contribution in [1.82, 2.24) is 25.5 Å². The number of nitrogens with one attached hydrogen (secondary N) is 4. The summed E-state index contributed by atoms with van der Waals surface area (Å²) in [6, 6.07) is 4.55. The van der Waals surface area contributed by atoms with E-state index >= 15 is 0 Å². The van der Waals surface area contributed by atoms with Crippen LogP contribution in [0.5, 0.6) is 5.75 Å². The molecule has 2 amide bonds. The van der Waals surface area contributed by atoms with E-state index in [1.54, 1.807) is 26.1 Å². The predicted octanol–water partition coefficient (Wildman–Crippen LogP) is 4.86. The number of benzene rings is 2. The third kappa shape index (κ3) is 7.07. The highest BCUT2D eigenvalue weighted by Crippen LogP contribution is 2.35. The van der Waals surface area contributed by atoms with Gasteiger partial charge in [-0.15, -0.1) is 0 Å². The van der Waals surface area contributed by atoms with Gasteiger partial charge in [-0.3, -0.25) is 9.59 Å². The van der Waals surface area contributed by atoms with Gasteiger partial charge in [0.25, 0.3) is 0 Å². The van der Waals surface area contributed by atoms with Gasteiger partial charge in [0.05, 0.1) is 30.0 Å². The molecule has 43 heavy (non-hydrogen) atoms. The number of fused-ring (bicyclic) bond motifs is 1. The second-order valence-electron chi connectivity index (χ2n) is 11.7. The molecular weight excluding hydrogens is 580 g/mol. The SMILES string of the molecule is CN[C@@H](C)C(=O)N[C@H](C(=O)N1CCC[C@H]1CNc1cc2c(Nc3ccc(F)c(Cl)c3F)ncnc2cc1OC)C(C)(C)C. The van der Waals surface area contributed by atoms with Gasteiger partial charge in [0.15, 0.2) is 5.82 Å². The first-order chi connectivity index (χ1) is 20.3. The normalized spacial score (nSPS) is 16.6. The summed E-state index contributed by atoms with van der Waals surface area (Å²) < 4.78 is 33.9. The van der Waals surface area contributed by atoms with Crippen molar-refractivity contribution in [2.75, 3.05) is 37.9 Å². The quantitative estimate of drug-likeness (QED) is 0.238. The lowest BCUT2D eigenvalue weighted by atomic mass is 9.85. The van der Waals surface area contributed by atoms with Gasteiger partial charge >= 0.3 is 0 Å². The number of ether oxygens (including phenoxy) is 1. The number of amides is 2. The van der Waals surface area contributed by atoms with Gasteiger partial charge in [0.2, 0.25) is 11.8 Å². The first-order valence-corrected chi connectivity index (χ1v) is 14.5. The smallest absolute Gasteiger partial charge is 0.246 e. The Kier molecular flexibility index (Phi) is 9.91. The molecule has 3 aromatic rings. The molecule has 13 heteroatoms. The maximum absolute atomic E-state index is 14.6. The minimum Gasteiger partial charge on any atom is -0.495 e. The molecule has 1 saturated heterocycles. The monoisotopic (exact) mass is 617 g/mol. The highest BCUT2D eigenvalue weighted by Gasteiger charge is 2.40. The number of rotatable bonds is 10. The summed E-state index contributed by atoms with van der Waals surface area (Å²) in [6.07, 6.45) is 2.94. The summed E-state index contributed by atoms with van der Waals surface area (Å²) in [6.45, 7) is 8.55. The molecule has 4 rings (SSSR count). The largest absolute Gasteiger partial charge is 0.495 e. The van der Waals surface area contributed by atoms with Gasteiger partial charge in [-0.25, -0.2) is 18.7 Å². The highest BCUT2D eigenvalue weighted by molar-refractivity contribution is 6.31. The summed E-state index contributed by atoms with van der Waals surface area (Å²) in [4.78, 5) is 36.9. The van der Waals surface area contributed by atoms with Crippen LogP contribution in [0.25, 0.3) is 10.9 Å². The van der Waals surface area contributed by atoms with E-state index in [2.05, 4.69) is 31.2 Å².